The number of aromatic nitrogens is 2. The molecule has 90 valence electrons. The van der Waals surface area contributed by atoms with Gasteiger partial charge in [-0.25, -0.2) is 18.1 Å². The van der Waals surface area contributed by atoms with E-state index >= 15 is 0 Å². The molecular formula is C7H11ClN4O3S. The van der Waals surface area contributed by atoms with E-state index in [0.717, 1.165) is 0 Å². The van der Waals surface area contributed by atoms with E-state index in [4.69, 9.17) is 17.3 Å². The minimum atomic E-state index is -3.79. The number of halogens is 1. The number of aryl methyl sites for hydroxylation is 1. The topological polar surface area (TPSA) is 107 Å². The number of hydrogen-bond acceptors (Lipinski definition) is 4. The van der Waals surface area contributed by atoms with Crippen LogP contribution in [0, 0.1) is 0 Å². The van der Waals surface area contributed by atoms with Crippen molar-refractivity contribution in [3.63, 3.8) is 0 Å². The summed E-state index contributed by atoms with van der Waals surface area (Å²) in [6, 6.07) is 0. The Balaban J connectivity index is 2.79. The number of imidazole rings is 1. The number of nitrogens with two attached hydrogens (primary N) is 1. The molecule has 1 rings (SSSR count). The summed E-state index contributed by atoms with van der Waals surface area (Å²) in [6.45, 7) is -0.0788. The molecule has 0 spiro atoms. The molecule has 1 heterocycles. The number of carbonyl (C=O) groups is 1. The first-order chi connectivity index (χ1) is 7.34. The molecule has 0 bridgehead atoms. The van der Waals surface area contributed by atoms with Crippen LogP contribution >= 0.6 is 11.6 Å². The second kappa shape index (κ2) is 4.81. The molecule has 0 aliphatic rings. The van der Waals surface area contributed by atoms with Gasteiger partial charge in [-0.05, 0) is 0 Å². The van der Waals surface area contributed by atoms with Crippen molar-refractivity contribution in [1.82, 2.24) is 14.3 Å². The van der Waals surface area contributed by atoms with Gasteiger partial charge in [-0.1, -0.05) is 11.6 Å². The van der Waals surface area contributed by atoms with Gasteiger partial charge in [-0.2, -0.15) is 0 Å². The number of carbonyl (C=O) groups excluding carboxylic acids is 1. The molecule has 0 aliphatic carbocycles. The van der Waals surface area contributed by atoms with Gasteiger partial charge in [0, 0.05) is 20.0 Å². The quantitative estimate of drug-likeness (QED) is 0.729. The molecule has 0 atom stereocenters. The molecule has 7 nitrogen and oxygen atoms in total. The van der Waals surface area contributed by atoms with Crippen LogP contribution in [0.1, 0.15) is 6.42 Å². The first kappa shape index (κ1) is 12.9. The van der Waals surface area contributed by atoms with Gasteiger partial charge in [0.1, 0.15) is 5.15 Å². The zero-order valence-corrected chi connectivity index (χ0v) is 10.0. The van der Waals surface area contributed by atoms with E-state index in [9.17, 15) is 13.2 Å². The molecule has 0 saturated heterocycles. The molecule has 0 fully saturated rings. The monoisotopic (exact) mass is 266 g/mol. The van der Waals surface area contributed by atoms with E-state index in [1.54, 1.807) is 7.05 Å². The summed E-state index contributed by atoms with van der Waals surface area (Å²) in [5.74, 6) is -0.588. The Bertz CT molecular complexity index is 496. The first-order valence-electron chi connectivity index (χ1n) is 4.29. The highest BCUT2D eigenvalue weighted by Crippen LogP contribution is 2.17. The van der Waals surface area contributed by atoms with E-state index in [0.29, 0.717) is 0 Å². The molecule has 0 aromatic carbocycles. The average Bonchev–Trinajstić information content (AvgIpc) is 2.47. The second-order valence-corrected chi connectivity index (χ2v) is 5.11. The summed E-state index contributed by atoms with van der Waals surface area (Å²) in [4.78, 5) is 14.1. The lowest BCUT2D eigenvalue weighted by atomic mass is 10.4. The summed E-state index contributed by atoms with van der Waals surface area (Å²) >= 11 is 5.72. The van der Waals surface area contributed by atoms with Crippen LogP contribution in [0.25, 0.3) is 0 Å². The standard InChI is InChI=1S/C7H11ClN4O3S/c1-12-4-10-7(6(12)8)16(14,15)11-3-2-5(9)13/h4,11H,2-3H2,1H3,(H2,9,13). The molecule has 1 aromatic rings. The maximum absolute atomic E-state index is 11.6. The van der Waals surface area contributed by atoms with E-state index in [1.807, 2.05) is 0 Å². The van der Waals surface area contributed by atoms with Crippen molar-refractivity contribution in [3.05, 3.63) is 11.5 Å². The fourth-order valence-electron chi connectivity index (χ4n) is 0.951. The third kappa shape index (κ3) is 2.94. The Morgan fingerprint density at radius 1 is 1.69 bits per heavy atom. The highest BCUT2D eigenvalue weighted by molar-refractivity contribution is 7.89. The Morgan fingerprint density at radius 3 is 2.75 bits per heavy atom. The van der Waals surface area contributed by atoms with Crippen LogP contribution in [0.5, 0.6) is 0 Å². The predicted molar refractivity (Wildman–Crippen MR) is 57.2 cm³/mol. The molecule has 1 aromatic heterocycles. The van der Waals surface area contributed by atoms with Crippen LogP contribution in [0.2, 0.25) is 5.15 Å². The fraction of sp³-hybridized carbons (Fsp3) is 0.429. The zero-order chi connectivity index (χ0) is 12.3. The Morgan fingerprint density at radius 2 is 2.31 bits per heavy atom. The number of amides is 1. The van der Waals surface area contributed by atoms with Crippen molar-refractivity contribution in [1.29, 1.82) is 0 Å². The lowest BCUT2D eigenvalue weighted by Gasteiger charge is -2.03. The van der Waals surface area contributed by atoms with Crippen molar-refractivity contribution in [2.45, 2.75) is 11.4 Å². The molecule has 1 amide bonds. The van der Waals surface area contributed by atoms with Crippen LogP contribution in [-0.2, 0) is 21.9 Å². The minimum absolute atomic E-state index is 0.00609. The van der Waals surface area contributed by atoms with Crippen LogP contribution in [0.3, 0.4) is 0 Å². The summed E-state index contributed by atoms with van der Waals surface area (Å²) in [7, 11) is -2.22. The normalized spacial score (nSPS) is 11.6. The minimum Gasteiger partial charge on any atom is -0.370 e. The van der Waals surface area contributed by atoms with E-state index in [1.165, 1.54) is 10.9 Å². The lowest BCUT2D eigenvalue weighted by Crippen LogP contribution is -2.28. The van der Waals surface area contributed by atoms with Gasteiger partial charge < -0.3 is 10.3 Å². The Labute approximate surface area is 97.6 Å². The van der Waals surface area contributed by atoms with Crippen molar-refractivity contribution in [2.75, 3.05) is 6.54 Å². The first-order valence-corrected chi connectivity index (χ1v) is 6.15. The van der Waals surface area contributed by atoms with Gasteiger partial charge in [-0.3, -0.25) is 4.79 Å². The summed E-state index contributed by atoms with van der Waals surface area (Å²) in [5.41, 5.74) is 4.87. The summed E-state index contributed by atoms with van der Waals surface area (Å²) in [6.07, 6.45) is 1.20. The van der Waals surface area contributed by atoms with Crippen LogP contribution in [-0.4, -0.2) is 30.4 Å². The van der Waals surface area contributed by atoms with Crippen molar-refractivity contribution >= 4 is 27.5 Å². The number of rotatable bonds is 5. The van der Waals surface area contributed by atoms with Crippen molar-refractivity contribution < 1.29 is 13.2 Å². The maximum atomic E-state index is 11.6. The van der Waals surface area contributed by atoms with Crippen molar-refractivity contribution in [3.8, 4) is 0 Å². The molecule has 0 radical (unpaired) electrons. The number of nitrogens with zero attached hydrogens (tertiary/aromatic N) is 2. The fourth-order valence-corrected chi connectivity index (χ4v) is 2.41. The second-order valence-electron chi connectivity index (χ2n) is 3.07. The molecule has 3 N–H and O–H groups in total. The Hall–Kier alpha value is -1.12. The van der Waals surface area contributed by atoms with Crippen LogP contribution in [0.4, 0.5) is 0 Å². The smallest absolute Gasteiger partial charge is 0.261 e. The van der Waals surface area contributed by atoms with Crippen molar-refractivity contribution in [2.24, 2.45) is 12.8 Å². The maximum Gasteiger partial charge on any atom is 0.261 e. The van der Waals surface area contributed by atoms with Gasteiger partial charge in [0.25, 0.3) is 10.0 Å². The Kier molecular flexibility index (Phi) is 3.89. The SMILES string of the molecule is Cn1cnc(S(=O)(=O)NCCC(N)=O)c1Cl. The molecule has 0 saturated carbocycles. The zero-order valence-electron chi connectivity index (χ0n) is 8.47. The van der Waals surface area contributed by atoms with Gasteiger partial charge >= 0.3 is 0 Å². The third-order valence-corrected chi connectivity index (χ3v) is 3.70. The van der Waals surface area contributed by atoms with Gasteiger partial charge in [0.05, 0.1) is 6.33 Å². The number of primary amides is 1. The average molecular weight is 267 g/mol. The molecule has 16 heavy (non-hydrogen) atoms. The third-order valence-electron chi connectivity index (χ3n) is 1.75. The molecular weight excluding hydrogens is 256 g/mol. The highest BCUT2D eigenvalue weighted by atomic mass is 35.5. The van der Waals surface area contributed by atoms with Gasteiger partial charge in [0.15, 0.2) is 0 Å². The molecule has 0 unspecified atom stereocenters. The highest BCUT2D eigenvalue weighted by Gasteiger charge is 2.21. The number of hydrogen-bond donors (Lipinski definition) is 2. The molecule has 9 heteroatoms. The van der Waals surface area contributed by atoms with E-state index in [2.05, 4.69) is 9.71 Å². The number of nitrogens with one attached hydrogen (secondary N) is 1. The van der Waals surface area contributed by atoms with Gasteiger partial charge in [0.2, 0.25) is 10.9 Å². The van der Waals surface area contributed by atoms with Crippen LogP contribution < -0.4 is 10.5 Å². The largest absolute Gasteiger partial charge is 0.370 e. The van der Waals surface area contributed by atoms with Gasteiger partial charge in [-0.15, -0.1) is 0 Å². The van der Waals surface area contributed by atoms with E-state index < -0.39 is 15.9 Å². The molecule has 0 aliphatic heterocycles. The van der Waals surface area contributed by atoms with Crippen LogP contribution in [0.15, 0.2) is 11.4 Å². The lowest BCUT2D eigenvalue weighted by molar-refractivity contribution is -0.117. The number of sulfonamides is 1. The summed E-state index contributed by atoms with van der Waals surface area (Å²) < 4.78 is 26.8. The summed E-state index contributed by atoms with van der Waals surface area (Å²) in [5, 5.41) is -0.257. The predicted octanol–water partition coefficient (Wildman–Crippen LogP) is -0.773. The van der Waals surface area contributed by atoms with E-state index in [-0.39, 0.29) is 23.1 Å².